The van der Waals surface area contributed by atoms with E-state index in [1.807, 2.05) is 36.6 Å². The van der Waals surface area contributed by atoms with Crippen LogP contribution in [0.4, 0.5) is 10.1 Å². The number of hydrogen-bond donors (Lipinski definition) is 3. The molecule has 4 rings (SSSR count). The molecule has 222 valence electrons. The first-order chi connectivity index (χ1) is 20.0. The van der Waals surface area contributed by atoms with Gasteiger partial charge >= 0.3 is 0 Å². The van der Waals surface area contributed by atoms with Crippen LogP contribution in [-0.4, -0.2) is 41.4 Å². The van der Waals surface area contributed by atoms with Crippen LogP contribution in [0.15, 0.2) is 89.8 Å². The molecule has 4 aromatic rings. The van der Waals surface area contributed by atoms with Gasteiger partial charge in [0, 0.05) is 35.9 Å². The maximum atomic E-state index is 14.2. The summed E-state index contributed by atoms with van der Waals surface area (Å²) in [5, 5.41) is 31.6. The number of carboxylic acids is 1. The molecule has 42 heavy (non-hydrogen) atoms. The molecule has 10 heteroatoms. The number of rotatable bonds is 13. The molecule has 3 aromatic carbocycles. The van der Waals surface area contributed by atoms with Gasteiger partial charge in [-0.15, -0.1) is 0 Å². The smallest absolute Gasteiger partial charge is 0.264 e. The molecule has 3 N–H and O–H groups in total. The summed E-state index contributed by atoms with van der Waals surface area (Å²) in [5.74, 6) is -2.17. The molecule has 2 atom stereocenters. The zero-order valence-corrected chi connectivity index (χ0v) is 24.2. The Labute approximate surface area is 245 Å². The van der Waals surface area contributed by atoms with Crippen molar-refractivity contribution in [1.29, 1.82) is 0 Å². The number of hydrogen-bond acceptors (Lipinski definition) is 6. The number of benzene rings is 3. The Morgan fingerprint density at radius 3 is 2.07 bits per heavy atom. The maximum Gasteiger partial charge on any atom is 0.264 e. The van der Waals surface area contributed by atoms with Crippen LogP contribution in [0.1, 0.15) is 44.7 Å². The molecule has 0 saturated heterocycles. The molecule has 0 aliphatic carbocycles. The number of anilines is 1. The van der Waals surface area contributed by atoms with Gasteiger partial charge in [-0.25, -0.2) is 12.8 Å². The summed E-state index contributed by atoms with van der Waals surface area (Å²) in [7, 11) is -4.18. The first kappa shape index (κ1) is 31.0. The molecule has 0 radical (unpaired) electrons. The number of nitrogens with one attached hydrogen (secondary N) is 1. The van der Waals surface area contributed by atoms with Gasteiger partial charge in [-0.2, -0.15) is 0 Å². The van der Waals surface area contributed by atoms with Gasteiger partial charge in [0.05, 0.1) is 17.9 Å². The summed E-state index contributed by atoms with van der Waals surface area (Å²) >= 11 is 0. The summed E-state index contributed by atoms with van der Waals surface area (Å²) in [5.41, 5.74) is 3.04. The van der Waals surface area contributed by atoms with Crippen LogP contribution in [0, 0.1) is 5.82 Å². The Balaban J connectivity index is 1.95. The Kier molecular flexibility index (Phi) is 9.82. The number of carbonyl (C=O) groups excluding carboxylic acids is 1. The molecule has 8 nitrogen and oxygen atoms in total. The number of carboxylic acid groups (broad SMARTS) is 1. The molecule has 0 unspecified atom stereocenters. The van der Waals surface area contributed by atoms with Crippen LogP contribution < -0.4 is 9.83 Å². The first-order valence-corrected chi connectivity index (χ1v) is 15.2. The minimum absolute atomic E-state index is 0.0679. The van der Waals surface area contributed by atoms with Crippen molar-refractivity contribution in [2.45, 2.75) is 62.7 Å². The largest absolute Gasteiger partial charge is 0.550 e. The van der Waals surface area contributed by atoms with E-state index >= 15 is 0 Å². The lowest BCUT2D eigenvalue weighted by atomic mass is 10.0. The van der Waals surface area contributed by atoms with E-state index in [-0.39, 0.29) is 30.2 Å². The predicted octanol–water partition coefficient (Wildman–Crippen LogP) is 4.53. The summed E-state index contributed by atoms with van der Waals surface area (Å²) in [6.07, 6.45) is -3.08. The molecule has 0 aliphatic heterocycles. The molecule has 0 aliphatic rings. The molecule has 0 spiro atoms. The second-order valence-corrected chi connectivity index (χ2v) is 12.1. The molecular weight excluding hydrogens is 559 g/mol. The fourth-order valence-electron chi connectivity index (χ4n) is 5.17. The fraction of sp³-hybridized carbons (Fsp3) is 0.281. The van der Waals surface area contributed by atoms with Gasteiger partial charge in [0.25, 0.3) is 10.0 Å². The maximum absolute atomic E-state index is 14.2. The zero-order chi connectivity index (χ0) is 30.4. The fourth-order valence-corrected chi connectivity index (χ4v) is 6.82. The van der Waals surface area contributed by atoms with E-state index in [2.05, 4.69) is 4.72 Å². The zero-order valence-electron chi connectivity index (χ0n) is 23.4. The number of carbonyl (C=O) groups is 1. The average molecular weight is 594 g/mol. The van der Waals surface area contributed by atoms with Crippen molar-refractivity contribution in [2.24, 2.45) is 0 Å². The van der Waals surface area contributed by atoms with Gasteiger partial charge < -0.3 is 24.7 Å². The summed E-state index contributed by atoms with van der Waals surface area (Å²) in [4.78, 5) is 10.9. The lowest BCUT2D eigenvalue weighted by Crippen LogP contribution is -2.29. The van der Waals surface area contributed by atoms with E-state index in [1.54, 1.807) is 54.6 Å². The first-order valence-electron chi connectivity index (χ1n) is 13.7. The summed E-state index contributed by atoms with van der Waals surface area (Å²) < 4.78 is 47.0. The average Bonchev–Trinajstić information content (AvgIpc) is 3.29. The Morgan fingerprint density at radius 2 is 1.50 bits per heavy atom. The summed E-state index contributed by atoms with van der Waals surface area (Å²) in [6, 6.07) is 23.4. The van der Waals surface area contributed by atoms with Crippen LogP contribution in [-0.2, 0) is 21.4 Å². The highest BCUT2D eigenvalue weighted by Crippen LogP contribution is 2.45. The minimum atomic E-state index is -4.18. The molecule has 0 bridgehead atoms. The number of sulfonamides is 1. The van der Waals surface area contributed by atoms with Crippen molar-refractivity contribution in [3.63, 3.8) is 0 Å². The number of aliphatic hydroxyl groups is 2. The van der Waals surface area contributed by atoms with Crippen molar-refractivity contribution in [3.05, 3.63) is 96.4 Å². The van der Waals surface area contributed by atoms with Crippen molar-refractivity contribution in [1.82, 2.24) is 4.57 Å². The van der Waals surface area contributed by atoms with Crippen molar-refractivity contribution < 1.29 is 32.9 Å². The van der Waals surface area contributed by atoms with Crippen LogP contribution in [0.3, 0.4) is 0 Å². The number of halogens is 1. The molecular formula is C32H34FN2O6S-. The van der Waals surface area contributed by atoms with E-state index < -0.39 is 40.4 Å². The number of aliphatic carboxylic acids is 1. The van der Waals surface area contributed by atoms with Gasteiger partial charge in [0.1, 0.15) is 10.7 Å². The molecule has 0 amide bonds. The Bertz CT molecular complexity index is 1600. The van der Waals surface area contributed by atoms with Crippen LogP contribution in [0.2, 0.25) is 0 Å². The predicted molar refractivity (Wildman–Crippen MR) is 157 cm³/mol. The van der Waals surface area contributed by atoms with E-state index in [0.29, 0.717) is 33.8 Å². The Morgan fingerprint density at radius 1 is 0.905 bits per heavy atom. The number of aliphatic hydroxyl groups excluding tert-OH is 2. The normalized spacial score (nSPS) is 13.2. The van der Waals surface area contributed by atoms with E-state index in [1.165, 1.54) is 12.1 Å². The molecule has 1 heterocycles. The molecule has 0 fully saturated rings. The lowest BCUT2D eigenvalue weighted by Gasteiger charge is -2.20. The van der Waals surface area contributed by atoms with Crippen molar-refractivity contribution >= 4 is 21.7 Å². The third-order valence-corrected chi connectivity index (χ3v) is 8.37. The Hall–Kier alpha value is -3.99. The molecule has 1 aromatic heterocycles. The van der Waals surface area contributed by atoms with E-state index in [9.17, 15) is 32.9 Å². The molecule has 0 saturated carbocycles. The number of aromatic nitrogens is 1. The van der Waals surface area contributed by atoms with Gasteiger partial charge in [-0.05, 0) is 66.3 Å². The number of nitrogens with zero attached hydrogens (tertiary/aromatic N) is 1. The van der Waals surface area contributed by atoms with Gasteiger partial charge in [0.2, 0.25) is 0 Å². The van der Waals surface area contributed by atoms with Gasteiger partial charge in [-0.1, -0.05) is 62.4 Å². The lowest BCUT2D eigenvalue weighted by molar-refractivity contribution is -0.307. The minimum Gasteiger partial charge on any atom is -0.550 e. The van der Waals surface area contributed by atoms with E-state index in [0.717, 1.165) is 0 Å². The third kappa shape index (κ3) is 7.25. The summed E-state index contributed by atoms with van der Waals surface area (Å²) in [6.45, 7) is 3.88. The van der Waals surface area contributed by atoms with E-state index in [4.69, 9.17) is 0 Å². The monoisotopic (exact) mass is 593 g/mol. The second kappa shape index (κ2) is 13.3. The van der Waals surface area contributed by atoms with Gasteiger partial charge in [-0.3, -0.25) is 4.72 Å². The SMILES string of the molecule is CC(C)c1c(S(=O)(=O)Nc2ccccc2)c(-c2ccccc2)c(-c2ccc(F)cc2)n1CC[C@@H](O)C[C@@H](O)CC(=O)[O-]. The number of para-hydroxylation sites is 1. The van der Waals surface area contributed by atoms with Crippen LogP contribution >= 0.6 is 0 Å². The highest BCUT2D eigenvalue weighted by Gasteiger charge is 2.34. The van der Waals surface area contributed by atoms with Crippen LogP contribution in [0.5, 0.6) is 0 Å². The highest BCUT2D eigenvalue weighted by molar-refractivity contribution is 7.93. The van der Waals surface area contributed by atoms with Crippen molar-refractivity contribution in [2.75, 3.05) is 4.72 Å². The second-order valence-electron chi connectivity index (χ2n) is 10.5. The third-order valence-electron chi connectivity index (χ3n) is 6.91. The van der Waals surface area contributed by atoms with Crippen LogP contribution in [0.25, 0.3) is 22.4 Å². The quantitative estimate of drug-likeness (QED) is 0.209. The topological polar surface area (TPSA) is 132 Å². The standard InChI is InChI=1S/C32H35FN2O6S/c1-21(2)30-32(42(40,41)34-25-11-7-4-8-12-25)29(22-9-5-3-6-10-22)31(23-13-15-24(33)16-14-23)35(30)18-17-26(36)19-27(37)20-28(38)39/h3-16,21,26-27,34,36-37H,17-20H2,1-2H3,(H,38,39)/p-1/t26-,27-/m1/s1. The van der Waals surface area contributed by atoms with Gasteiger partial charge in [0.15, 0.2) is 0 Å². The van der Waals surface area contributed by atoms with Crippen molar-refractivity contribution in [3.8, 4) is 22.4 Å². The highest BCUT2D eigenvalue weighted by atomic mass is 32.2.